The Morgan fingerprint density at radius 2 is 1.86 bits per heavy atom. The van der Waals surface area contributed by atoms with E-state index in [1.165, 1.54) is 6.20 Å². The summed E-state index contributed by atoms with van der Waals surface area (Å²) in [5.41, 5.74) is -3.21. The number of carbonyl (C=O) groups is 1. The highest BCUT2D eigenvalue weighted by Crippen LogP contribution is 2.31. The number of hydrogen-bond acceptors (Lipinski definition) is 4. The van der Waals surface area contributed by atoms with Gasteiger partial charge in [0.05, 0.1) is 12.7 Å². The van der Waals surface area contributed by atoms with Gasteiger partial charge in [0, 0.05) is 25.3 Å². The highest BCUT2D eigenvalue weighted by molar-refractivity contribution is 7.90. The lowest BCUT2D eigenvalue weighted by molar-refractivity contribution is -0.0497. The van der Waals surface area contributed by atoms with Gasteiger partial charge in [-0.15, -0.1) is 12.4 Å². The second-order valence-electron chi connectivity index (χ2n) is 6.83. The van der Waals surface area contributed by atoms with Crippen LogP contribution in [0.4, 0.5) is 13.2 Å². The summed E-state index contributed by atoms with van der Waals surface area (Å²) in [5.74, 6) is -0.228. The van der Waals surface area contributed by atoms with Crippen LogP contribution in [0.1, 0.15) is 29.0 Å². The minimum absolute atomic E-state index is 0. The second kappa shape index (κ2) is 7.20. The minimum atomic E-state index is -5.28. The summed E-state index contributed by atoms with van der Waals surface area (Å²) < 4.78 is 63.3. The summed E-state index contributed by atoms with van der Waals surface area (Å²) in [5, 5.41) is 0. The summed E-state index contributed by atoms with van der Waals surface area (Å²) in [6, 6.07) is 5.57. The highest BCUT2D eigenvalue weighted by Gasteiger charge is 2.50. The number of rotatable bonds is 3. The SMILES string of the molecule is Cl.O=C1c2cnc3cccc(n23)CN1CC1CCN(S(=O)(=O)C(F)(F)F)CC1. The Labute approximate surface area is 165 Å². The maximum Gasteiger partial charge on any atom is 0.511 e. The minimum Gasteiger partial charge on any atom is -0.331 e. The first-order valence-electron chi connectivity index (χ1n) is 8.49. The molecule has 0 N–H and O–H groups in total. The fraction of sp³-hybridized carbons (Fsp3) is 0.500. The molecule has 1 amide bonds. The van der Waals surface area contributed by atoms with E-state index >= 15 is 0 Å². The number of pyridine rings is 1. The fourth-order valence-electron chi connectivity index (χ4n) is 3.75. The van der Waals surface area contributed by atoms with Crippen LogP contribution in [0.15, 0.2) is 24.4 Å². The van der Waals surface area contributed by atoms with Gasteiger partial charge in [0.1, 0.15) is 11.3 Å². The average molecular weight is 439 g/mol. The van der Waals surface area contributed by atoms with E-state index in [1.807, 2.05) is 18.2 Å². The van der Waals surface area contributed by atoms with Crippen LogP contribution in [0.25, 0.3) is 5.65 Å². The zero-order valence-corrected chi connectivity index (χ0v) is 16.2. The molecule has 0 atom stereocenters. The van der Waals surface area contributed by atoms with Crippen LogP contribution in [-0.4, -0.2) is 58.1 Å². The van der Waals surface area contributed by atoms with Gasteiger partial charge in [0.15, 0.2) is 0 Å². The monoisotopic (exact) mass is 438 g/mol. The summed E-state index contributed by atoms with van der Waals surface area (Å²) >= 11 is 0. The van der Waals surface area contributed by atoms with Crippen LogP contribution in [0.3, 0.4) is 0 Å². The molecule has 1 saturated heterocycles. The van der Waals surface area contributed by atoms with Crippen LogP contribution >= 0.6 is 12.4 Å². The van der Waals surface area contributed by atoms with E-state index < -0.39 is 15.5 Å². The Balaban J connectivity index is 0.00000225. The van der Waals surface area contributed by atoms with Gasteiger partial charge in [0.2, 0.25) is 0 Å². The predicted molar refractivity (Wildman–Crippen MR) is 96.5 cm³/mol. The first-order valence-corrected chi connectivity index (χ1v) is 9.93. The normalized spacial score (nSPS) is 19.1. The molecule has 7 nitrogen and oxygen atoms in total. The van der Waals surface area contributed by atoms with Gasteiger partial charge in [-0.05, 0) is 30.9 Å². The number of nitrogens with zero attached hydrogens (tertiary/aromatic N) is 4. The number of imidazole rings is 1. The molecule has 2 aliphatic rings. The third-order valence-electron chi connectivity index (χ3n) is 5.15. The third-order valence-corrected chi connectivity index (χ3v) is 6.78. The maximum atomic E-state index is 12.7. The number of alkyl halides is 3. The quantitative estimate of drug-likeness (QED) is 0.736. The zero-order chi connectivity index (χ0) is 19.4. The van der Waals surface area contributed by atoms with Crippen molar-refractivity contribution in [3.05, 3.63) is 35.8 Å². The molecule has 0 radical (unpaired) electrons. The van der Waals surface area contributed by atoms with Gasteiger partial charge < -0.3 is 4.90 Å². The molecule has 12 heteroatoms. The van der Waals surface area contributed by atoms with Crippen molar-refractivity contribution in [2.24, 2.45) is 5.92 Å². The topological polar surface area (TPSA) is 75.0 Å². The number of halogens is 4. The van der Waals surface area contributed by atoms with Crippen LogP contribution in [0, 0.1) is 5.92 Å². The smallest absolute Gasteiger partial charge is 0.331 e. The lowest BCUT2D eigenvalue weighted by atomic mass is 9.97. The van der Waals surface area contributed by atoms with Crippen LogP contribution in [-0.2, 0) is 16.6 Å². The largest absolute Gasteiger partial charge is 0.511 e. The van der Waals surface area contributed by atoms with Crippen LogP contribution < -0.4 is 0 Å². The molecule has 4 rings (SSSR count). The van der Waals surface area contributed by atoms with Gasteiger partial charge in [-0.1, -0.05) is 6.07 Å². The Bertz CT molecular complexity index is 1000. The Kier molecular flexibility index (Phi) is 5.36. The number of carbonyl (C=O) groups excluding carboxylic acids is 1. The van der Waals surface area contributed by atoms with Crippen LogP contribution in [0.5, 0.6) is 0 Å². The van der Waals surface area contributed by atoms with E-state index in [0.29, 0.717) is 28.7 Å². The molecule has 2 aliphatic heterocycles. The van der Waals surface area contributed by atoms with E-state index in [4.69, 9.17) is 0 Å². The molecule has 0 aliphatic carbocycles. The lowest BCUT2D eigenvalue weighted by Gasteiger charge is -2.35. The Hall–Kier alpha value is -1.85. The number of piperidine rings is 1. The van der Waals surface area contributed by atoms with Crippen molar-refractivity contribution in [2.75, 3.05) is 19.6 Å². The van der Waals surface area contributed by atoms with Gasteiger partial charge in [-0.25, -0.2) is 13.4 Å². The highest BCUT2D eigenvalue weighted by atomic mass is 35.5. The van der Waals surface area contributed by atoms with Crippen molar-refractivity contribution in [3.8, 4) is 0 Å². The molecule has 28 heavy (non-hydrogen) atoms. The summed E-state index contributed by atoms with van der Waals surface area (Å²) in [4.78, 5) is 18.6. The zero-order valence-electron chi connectivity index (χ0n) is 14.6. The molecule has 2 aromatic rings. The molecule has 0 aromatic carbocycles. The molecule has 0 unspecified atom stereocenters. The van der Waals surface area contributed by atoms with Gasteiger partial charge >= 0.3 is 15.5 Å². The average Bonchev–Trinajstić information content (AvgIpc) is 3.05. The van der Waals surface area contributed by atoms with E-state index in [9.17, 15) is 26.4 Å². The number of sulfonamides is 1. The molecule has 0 bridgehead atoms. The van der Waals surface area contributed by atoms with E-state index in [2.05, 4.69) is 4.98 Å². The van der Waals surface area contributed by atoms with Gasteiger partial charge in [-0.2, -0.15) is 17.5 Å². The number of amides is 1. The summed E-state index contributed by atoms with van der Waals surface area (Å²) in [7, 11) is -5.28. The van der Waals surface area contributed by atoms with Gasteiger partial charge in [-0.3, -0.25) is 9.20 Å². The maximum absolute atomic E-state index is 12.7. The summed E-state index contributed by atoms with van der Waals surface area (Å²) in [6.45, 7) is 0.380. The molecular weight excluding hydrogens is 421 g/mol. The summed E-state index contributed by atoms with van der Waals surface area (Å²) in [6.07, 6.45) is 2.08. The Morgan fingerprint density at radius 1 is 1.18 bits per heavy atom. The van der Waals surface area contributed by atoms with Crippen molar-refractivity contribution < 1.29 is 26.4 Å². The molecule has 0 spiro atoms. The van der Waals surface area contributed by atoms with Crippen molar-refractivity contribution in [1.82, 2.24) is 18.6 Å². The van der Waals surface area contributed by atoms with E-state index in [0.717, 1.165) is 5.69 Å². The predicted octanol–water partition coefficient (Wildman–Crippen LogP) is 2.27. The molecule has 2 aromatic heterocycles. The van der Waals surface area contributed by atoms with E-state index in [-0.39, 0.29) is 50.2 Å². The molecule has 154 valence electrons. The van der Waals surface area contributed by atoms with Crippen molar-refractivity contribution in [3.63, 3.8) is 0 Å². The second-order valence-corrected chi connectivity index (χ2v) is 8.76. The molecule has 0 saturated carbocycles. The lowest BCUT2D eigenvalue weighted by Crippen LogP contribution is -2.47. The van der Waals surface area contributed by atoms with Crippen molar-refractivity contribution in [1.29, 1.82) is 0 Å². The first kappa shape index (κ1) is 20.9. The molecular formula is C16H18ClF3N4O3S. The third kappa shape index (κ3) is 3.35. The van der Waals surface area contributed by atoms with E-state index in [1.54, 1.807) is 9.30 Å². The van der Waals surface area contributed by atoms with Gasteiger partial charge in [0.25, 0.3) is 5.91 Å². The standard InChI is InChI=1S/C16H17F3N4O3S.ClH/c17-16(18,19)27(25,26)22-6-4-11(5-7-22)9-21-10-12-2-1-3-14-20-8-13(15(21)24)23(12)14;/h1-3,8,11H,4-7,9-10H2;1H. The molecule has 4 heterocycles. The van der Waals surface area contributed by atoms with Crippen molar-refractivity contribution in [2.45, 2.75) is 24.9 Å². The van der Waals surface area contributed by atoms with Crippen LogP contribution in [0.2, 0.25) is 0 Å². The number of hydrogen-bond donors (Lipinski definition) is 0. The van der Waals surface area contributed by atoms with Crippen molar-refractivity contribution >= 4 is 34.0 Å². The number of aromatic nitrogens is 2. The molecule has 1 fully saturated rings. The first-order chi connectivity index (χ1) is 12.7. The fourth-order valence-corrected chi connectivity index (χ4v) is 4.73. The Morgan fingerprint density at radius 3 is 2.50 bits per heavy atom.